The molecule has 0 bridgehead atoms. The normalized spacial score (nSPS) is 21.4. The topological polar surface area (TPSA) is 42.4 Å². The Kier molecular flexibility index (Phi) is 6.80. The summed E-state index contributed by atoms with van der Waals surface area (Å²) in [6, 6.07) is 20.7. The fraction of sp³-hybridized carbons (Fsp3) is 0.360. The van der Waals surface area contributed by atoms with E-state index < -0.39 is 0 Å². The maximum atomic E-state index is 11.7. The Morgan fingerprint density at radius 2 is 1.83 bits per heavy atom. The Labute approximate surface area is 182 Å². The average Bonchev–Trinajstić information content (AvgIpc) is 3.23. The summed E-state index contributed by atoms with van der Waals surface area (Å²) in [6.45, 7) is 2.78. The van der Waals surface area contributed by atoms with Gasteiger partial charge in [0.25, 0.3) is 0 Å². The molecule has 0 aliphatic carbocycles. The van der Waals surface area contributed by atoms with Crippen molar-refractivity contribution in [2.75, 3.05) is 6.61 Å². The van der Waals surface area contributed by atoms with Crippen molar-refractivity contribution in [3.63, 3.8) is 0 Å². The van der Waals surface area contributed by atoms with E-state index in [2.05, 4.69) is 36.2 Å². The highest BCUT2D eigenvalue weighted by Gasteiger charge is 2.32. The molecule has 1 aromatic heterocycles. The van der Waals surface area contributed by atoms with Crippen molar-refractivity contribution in [2.45, 2.75) is 44.7 Å². The summed E-state index contributed by atoms with van der Waals surface area (Å²) >= 11 is 1.78. The largest absolute Gasteiger partial charge is 0.494 e. The van der Waals surface area contributed by atoms with Crippen LogP contribution in [0.2, 0.25) is 0 Å². The summed E-state index contributed by atoms with van der Waals surface area (Å²) in [7, 11) is 0. The minimum Gasteiger partial charge on any atom is -0.494 e. The van der Waals surface area contributed by atoms with Gasteiger partial charge in [-0.15, -0.1) is 11.3 Å². The first-order chi connectivity index (χ1) is 14.7. The van der Waals surface area contributed by atoms with E-state index in [1.165, 1.54) is 10.4 Å². The lowest BCUT2D eigenvalue weighted by Crippen LogP contribution is -2.48. The number of amides is 1. The molecular formula is C25H28N2O2S. The number of carbonyl (C=O) groups excluding carboxylic acids is 1. The lowest BCUT2D eigenvalue weighted by molar-refractivity contribution is -0.125. The van der Waals surface area contributed by atoms with Gasteiger partial charge < -0.3 is 9.64 Å². The molecule has 3 aromatic rings. The first-order valence-electron chi connectivity index (χ1n) is 10.6. The molecule has 0 saturated carbocycles. The minimum atomic E-state index is 0.224. The second-order valence-electron chi connectivity index (χ2n) is 8.04. The lowest BCUT2D eigenvalue weighted by atomic mass is 9.83. The number of hydrogen-bond donors (Lipinski definition) is 0. The third-order valence-electron chi connectivity index (χ3n) is 5.86. The second kappa shape index (κ2) is 9.90. The van der Waals surface area contributed by atoms with Crippen LogP contribution in [0.5, 0.6) is 5.75 Å². The number of carbonyl (C=O) groups is 1. The monoisotopic (exact) mass is 420 g/mol. The third-order valence-corrected chi connectivity index (χ3v) is 6.93. The minimum absolute atomic E-state index is 0.224. The Balaban J connectivity index is 1.37. The van der Waals surface area contributed by atoms with Crippen LogP contribution in [-0.2, 0) is 11.2 Å². The van der Waals surface area contributed by atoms with E-state index in [-0.39, 0.29) is 12.1 Å². The molecular weight excluding hydrogens is 392 g/mol. The molecule has 0 spiro atoms. The Bertz CT molecular complexity index is 929. The highest BCUT2D eigenvalue weighted by Crippen LogP contribution is 2.33. The average molecular weight is 421 g/mol. The van der Waals surface area contributed by atoms with Gasteiger partial charge in [-0.3, -0.25) is 4.79 Å². The Morgan fingerprint density at radius 1 is 1.10 bits per heavy atom. The van der Waals surface area contributed by atoms with Gasteiger partial charge in [0, 0.05) is 35.1 Å². The molecule has 1 aliphatic heterocycles. The number of thiazole rings is 1. The third kappa shape index (κ3) is 5.08. The summed E-state index contributed by atoms with van der Waals surface area (Å²) in [5.41, 5.74) is 1.17. The van der Waals surface area contributed by atoms with Gasteiger partial charge in [0.15, 0.2) is 0 Å². The molecule has 2 aromatic carbocycles. The predicted octanol–water partition coefficient (Wildman–Crippen LogP) is 5.45. The van der Waals surface area contributed by atoms with Crippen molar-refractivity contribution < 1.29 is 9.53 Å². The SMILES string of the molecule is CC1CC(Cc2cnc(-c3ccccc3)s2)CC(CCOc2ccccc2)N1C=O. The van der Waals surface area contributed by atoms with Crippen LogP contribution in [0.4, 0.5) is 0 Å². The van der Waals surface area contributed by atoms with Crippen molar-refractivity contribution in [3.05, 3.63) is 71.7 Å². The van der Waals surface area contributed by atoms with E-state index in [9.17, 15) is 4.79 Å². The first kappa shape index (κ1) is 20.6. The summed E-state index contributed by atoms with van der Waals surface area (Å²) in [6.07, 6.45) is 6.97. The Morgan fingerprint density at radius 3 is 2.57 bits per heavy atom. The number of para-hydroxylation sites is 1. The van der Waals surface area contributed by atoms with Crippen molar-refractivity contribution in [2.24, 2.45) is 5.92 Å². The second-order valence-corrected chi connectivity index (χ2v) is 9.16. The number of benzene rings is 2. The van der Waals surface area contributed by atoms with Gasteiger partial charge in [-0.05, 0) is 44.2 Å². The number of rotatable bonds is 8. The van der Waals surface area contributed by atoms with Crippen molar-refractivity contribution in [1.82, 2.24) is 9.88 Å². The van der Waals surface area contributed by atoms with Crippen LogP contribution in [0, 0.1) is 5.92 Å². The van der Waals surface area contributed by atoms with Gasteiger partial charge >= 0.3 is 0 Å². The highest BCUT2D eigenvalue weighted by molar-refractivity contribution is 7.15. The quantitative estimate of drug-likeness (QED) is 0.455. The Hall–Kier alpha value is -2.66. The fourth-order valence-electron chi connectivity index (χ4n) is 4.42. The number of ether oxygens (including phenoxy) is 1. The molecule has 0 radical (unpaired) electrons. The summed E-state index contributed by atoms with van der Waals surface area (Å²) in [5.74, 6) is 1.44. The molecule has 4 nitrogen and oxygen atoms in total. The van der Waals surface area contributed by atoms with E-state index in [1.807, 2.05) is 47.5 Å². The zero-order valence-corrected chi connectivity index (χ0v) is 18.1. The number of nitrogens with zero attached hydrogens (tertiary/aromatic N) is 2. The van der Waals surface area contributed by atoms with Gasteiger partial charge in [0.1, 0.15) is 10.8 Å². The molecule has 156 valence electrons. The molecule has 4 rings (SSSR count). The maximum Gasteiger partial charge on any atom is 0.210 e. The van der Waals surface area contributed by atoms with Crippen molar-refractivity contribution in [1.29, 1.82) is 0 Å². The smallest absolute Gasteiger partial charge is 0.210 e. The number of piperidine rings is 1. The van der Waals surface area contributed by atoms with Crippen LogP contribution < -0.4 is 4.74 Å². The number of aromatic nitrogens is 1. The van der Waals surface area contributed by atoms with E-state index in [4.69, 9.17) is 4.74 Å². The van der Waals surface area contributed by atoms with Crippen LogP contribution in [0.15, 0.2) is 66.9 Å². The molecule has 3 unspecified atom stereocenters. The van der Waals surface area contributed by atoms with Crippen LogP contribution >= 0.6 is 11.3 Å². The molecule has 1 amide bonds. The van der Waals surface area contributed by atoms with Gasteiger partial charge in [-0.1, -0.05) is 48.5 Å². The standard InChI is InChI=1S/C25H28N2O2S/c1-19-14-20(16-24-17-26-25(30-24)21-8-4-2-5-9-21)15-22(27(19)18-28)12-13-29-23-10-6-3-7-11-23/h2-11,17-20,22H,12-16H2,1H3. The van der Waals surface area contributed by atoms with Gasteiger partial charge in [0.05, 0.1) is 6.61 Å². The zero-order valence-electron chi connectivity index (χ0n) is 17.3. The molecule has 3 atom stereocenters. The van der Waals surface area contributed by atoms with Gasteiger partial charge in [0.2, 0.25) is 6.41 Å². The summed E-state index contributed by atoms with van der Waals surface area (Å²) in [4.78, 5) is 19.7. The lowest BCUT2D eigenvalue weighted by Gasteiger charge is -2.42. The molecule has 1 saturated heterocycles. The first-order valence-corrected chi connectivity index (χ1v) is 11.5. The summed E-state index contributed by atoms with van der Waals surface area (Å²) in [5, 5.41) is 1.08. The molecule has 30 heavy (non-hydrogen) atoms. The van der Waals surface area contributed by atoms with E-state index in [0.29, 0.717) is 12.5 Å². The van der Waals surface area contributed by atoms with Gasteiger partial charge in [-0.2, -0.15) is 0 Å². The van der Waals surface area contributed by atoms with E-state index in [1.54, 1.807) is 11.3 Å². The fourth-order valence-corrected chi connectivity index (χ4v) is 5.45. The van der Waals surface area contributed by atoms with Crippen LogP contribution in [0.3, 0.4) is 0 Å². The van der Waals surface area contributed by atoms with Gasteiger partial charge in [-0.25, -0.2) is 4.98 Å². The van der Waals surface area contributed by atoms with E-state index >= 15 is 0 Å². The molecule has 5 heteroatoms. The summed E-state index contributed by atoms with van der Waals surface area (Å²) < 4.78 is 5.89. The maximum absolute atomic E-state index is 11.7. The molecule has 0 N–H and O–H groups in total. The predicted molar refractivity (Wildman–Crippen MR) is 122 cm³/mol. The molecule has 1 fully saturated rings. The number of likely N-dealkylation sites (tertiary alicyclic amines) is 1. The highest BCUT2D eigenvalue weighted by atomic mass is 32.1. The van der Waals surface area contributed by atoms with Crippen LogP contribution in [0.25, 0.3) is 10.6 Å². The van der Waals surface area contributed by atoms with Crippen LogP contribution in [-0.4, -0.2) is 35.0 Å². The van der Waals surface area contributed by atoms with Crippen molar-refractivity contribution in [3.8, 4) is 16.3 Å². The van der Waals surface area contributed by atoms with E-state index in [0.717, 1.165) is 42.9 Å². The molecule has 2 heterocycles. The van der Waals surface area contributed by atoms with Crippen LogP contribution in [0.1, 0.15) is 31.1 Å². The van der Waals surface area contributed by atoms with Crippen molar-refractivity contribution >= 4 is 17.7 Å². The zero-order chi connectivity index (χ0) is 20.8. The number of hydrogen-bond acceptors (Lipinski definition) is 4. The molecule has 1 aliphatic rings.